The summed E-state index contributed by atoms with van der Waals surface area (Å²) in [7, 11) is 6.06. The minimum Gasteiger partial charge on any atom is -0.433 e. The van der Waals surface area contributed by atoms with Crippen LogP contribution in [-0.2, 0) is 0 Å². The van der Waals surface area contributed by atoms with Crippen molar-refractivity contribution < 1.29 is 18.3 Å². The van der Waals surface area contributed by atoms with Crippen molar-refractivity contribution in [3.05, 3.63) is 47.5 Å². The van der Waals surface area contributed by atoms with E-state index in [9.17, 15) is 13.6 Å². The number of likely N-dealkylation sites (N-methyl/N-ethyl adjacent to an activating group) is 2. The lowest BCUT2D eigenvalue weighted by Crippen LogP contribution is -2.44. The van der Waals surface area contributed by atoms with Crippen LogP contribution in [0, 0.1) is 24.7 Å². The molecule has 1 aliphatic rings. The molecule has 7 nitrogen and oxygen atoms in total. The van der Waals surface area contributed by atoms with Gasteiger partial charge in [0.2, 0.25) is 0 Å². The highest BCUT2D eigenvalue weighted by Crippen LogP contribution is 2.42. The molecular weight excluding hydrogens is 548 g/mol. The molecule has 1 unspecified atom stereocenters. The number of halogens is 2. The van der Waals surface area contributed by atoms with Gasteiger partial charge in [-0.3, -0.25) is 14.7 Å². The Morgan fingerprint density at radius 1 is 1.14 bits per heavy atom. The molecule has 3 rings (SSSR count). The number of hydrogen-bond acceptors (Lipinski definition) is 7. The van der Waals surface area contributed by atoms with Crippen LogP contribution in [0.3, 0.4) is 0 Å². The second-order valence-electron chi connectivity index (χ2n) is 9.88. The average molecular weight is 596 g/mol. The number of anilines is 2. The van der Waals surface area contributed by atoms with Crippen LogP contribution in [0.2, 0.25) is 0 Å². The Morgan fingerprint density at radius 3 is 2.37 bits per heavy atom. The molecule has 0 aromatic heterocycles. The number of aldehydes is 1. The monoisotopic (exact) mass is 595 g/mol. The zero-order chi connectivity index (χ0) is 32.4. The fourth-order valence-corrected chi connectivity index (χ4v) is 4.69. The van der Waals surface area contributed by atoms with Crippen LogP contribution < -0.4 is 9.64 Å². The zero-order valence-electron chi connectivity index (χ0n) is 26.5. The first kappa shape index (κ1) is 37.3. The SMILES string of the molecule is C#C.C=Nc1ccc(C#CCCN2CCN(C)CC2)cc1N(CC(CC)N(C)C)c1c(C=O)cccc1OC(F)F.CC. The molecule has 0 bridgehead atoms. The van der Waals surface area contributed by atoms with E-state index in [-0.39, 0.29) is 23.0 Å². The molecular formula is C34H47F2N5O2. The number of alkyl halides is 2. The number of hydrogen-bond donors (Lipinski definition) is 0. The molecule has 234 valence electrons. The van der Waals surface area contributed by atoms with Crippen LogP contribution in [0.1, 0.15) is 49.5 Å². The van der Waals surface area contributed by atoms with E-state index in [0.29, 0.717) is 24.2 Å². The minimum absolute atomic E-state index is 0.0418. The Hall–Kier alpha value is -3.76. The fraction of sp³-hybridized carbons (Fsp3) is 0.471. The van der Waals surface area contributed by atoms with Gasteiger partial charge < -0.3 is 19.4 Å². The number of nitrogens with zero attached hydrogens (tertiary/aromatic N) is 5. The number of aliphatic imine (C=N–C) groups is 1. The van der Waals surface area contributed by atoms with Gasteiger partial charge in [0.25, 0.3) is 0 Å². The Balaban J connectivity index is 0.00000221. The minimum atomic E-state index is -3.04. The standard InChI is InChI=1S/C30H39F2N5O2.C2H6.C2H2/c1-6-25(34(3)4)21-37(29-24(22-38)11-9-12-28(29)39-30(31)32)27-20-23(13-14-26(27)33-2)10-7-8-15-36-18-16-35(5)17-19-36;2*1-2/h9,11-14,20,22,25,30H,2,6,8,15-19,21H2,1,3-5H3;1-2H3;1-2H. The van der Waals surface area contributed by atoms with Crippen LogP contribution in [0.4, 0.5) is 25.8 Å². The quantitative estimate of drug-likeness (QED) is 0.166. The maximum absolute atomic E-state index is 13.4. The number of rotatable bonds is 12. The van der Waals surface area contributed by atoms with Gasteiger partial charge in [-0.2, -0.15) is 8.78 Å². The highest BCUT2D eigenvalue weighted by molar-refractivity contribution is 5.92. The topological polar surface area (TPSA) is 51.6 Å². The summed E-state index contributed by atoms with van der Waals surface area (Å²) in [5, 5.41) is 0. The number of benzene rings is 2. The van der Waals surface area contributed by atoms with E-state index < -0.39 is 6.61 Å². The molecule has 0 amide bonds. The predicted molar refractivity (Wildman–Crippen MR) is 176 cm³/mol. The largest absolute Gasteiger partial charge is 0.433 e. The highest BCUT2D eigenvalue weighted by atomic mass is 19.3. The molecule has 0 saturated carbocycles. The Kier molecular flexibility index (Phi) is 17.5. The van der Waals surface area contributed by atoms with E-state index >= 15 is 0 Å². The summed E-state index contributed by atoms with van der Waals surface area (Å²) < 4.78 is 31.7. The van der Waals surface area contributed by atoms with Crippen molar-refractivity contribution in [2.24, 2.45) is 4.99 Å². The summed E-state index contributed by atoms with van der Waals surface area (Å²) in [5.41, 5.74) is 2.43. The Bertz CT molecular complexity index is 1210. The molecule has 9 heteroatoms. The van der Waals surface area contributed by atoms with Crippen LogP contribution in [0.25, 0.3) is 0 Å². The Morgan fingerprint density at radius 2 is 1.81 bits per heavy atom. The van der Waals surface area contributed by atoms with E-state index in [1.807, 2.05) is 51.0 Å². The lowest BCUT2D eigenvalue weighted by Gasteiger charge is -2.34. The number of carbonyl (C=O) groups is 1. The second kappa shape index (κ2) is 20.2. The predicted octanol–water partition coefficient (Wildman–Crippen LogP) is 6.18. The van der Waals surface area contributed by atoms with E-state index in [1.54, 1.807) is 6.07 Å². The van der Waals surface area contributed by atoms with Crippen molar-refractivity contribution >= 4 is 30.1 Å². The summed E-state index contributed by atoms with van der Waals surface area (Å²) in [6, 6.07) is 10.2. The zero-order valence-corrected chi connectivity index (χ0v) is 26.5. The van der Waals surface area contributed by atoms with Gasteiger partial charge in [-0.15, -0.1) is 12.8 Å². The normalized spacial score (nSPS) is 13.9. The maximum atomic E-state index is 13.4. The van der Waals surface area contributed by atoms with Gasteiger partial charge in [0, 0.05) is 62.9 Å². The number of para-hydroxylation sites is 1. The molecule has 43 heavy (non-hydrogen) atoms. The molecule has 0 spiro atoms. The summed E-state index contributed by atoms with van der Waals surface area (Å²) >= 11 is 0. The van der Waals surface area contributed by atoms with Crippen LogP contribution >= 0.6 is 0 Å². The second-order valence-corrected chi connectivity index (χ2v) is 9.88. The van der Waals surface area contributed by atoms with Gasteiger partial charge in [-0.25, -0.2) is 0 Å². The summed E-state index contributed by atoms with van der Waals surface area (Å²) in [6.07, 6.45) is 10.2. The molecule has 0 aliphatic carbocycles. The van der Waals surface area contributed by atoms with Crippen molar-refractivity contribution in [3.63, 3.8) is 0 Å². The van der Waals surface area contributed by atoms with Gasteiger partial charge in [-0.1, -0.05) is 38.7 Å². The third-order valence-corrected chi connectivity index (χ3v) is 7.06. The van der Waals surface area contributed by atoms with Gasteiger partial charge in [-0.05, 0) is 64.6 Å². The van der Waals surface area contributed by atoms with Crippen molar-refractivity contribution in [2.75, 3.05) is 65.3 Å². The highest BCUT2D eigenvalue weighted by Gasteiger charge is 2.26. The smallest absolute Gasteiger partial charge is 0.387 e. The molecule has 2 aromatic rings. The van der Waals surface area contributed by atoms with Crippen molar-refractivity contribution in [1.82, 2.24) is 14.7 Å². The van der Waals surface area contributed by atoms with Gasteiger partial charge in [0.15, 0.2) is 6.29 Å². The first-order valence-corrected chi connectivity index (χ1v) is 14.6. The maximum Gasteiger partial charge on any atom is 0.387 e. The first-order chi connectivity index (χ1) is 20.8. The third-order valence-electron chi connectivity index (χ3n) is 7.06. The van der Waals surface area contributed by atoms with E-state index in [4.69, 9.17) is 4.74 Å². The molecule has 1 atom stereocenters. The summed E-state index contributed by atoms with van der Waals surface area (Å²) in [4.78, 5) is 24.9. The lowest BCUT2D eigenvalue weighted by atomic mass is 10.1. The lowest BCUT2D eigenvalue weighted by molar-refractivity contribution is -0.0495. The third kappa shape index (κ3) is 11.4. The molecule has 1 fully saturated rings. The molecule has 0 radical (unpaired) electrons. The Labute approximate surface area is 257 Å². The fourth-order valence-electron chi connectivity index (χ4n) is 4.69. The number of piperazine rings is 1. The van der Waals surface area contributed by atoms with E-state index in [0.717, 1.165) is 51.1 Å². The van der Waals surface area contributed by atoms with Gasteiger partial charge in [0.05, 0.1) is 17.1 Å². The molecule has 0 N–H and O–H groups in total. The van der Waals surface area contributed by atoms with E-state index in [1.165, 1.54) is 12.1 Å². The van der Waals surface area contributed by atoms with Crippen molar-refractivity contribution in [2.45, 2.75) is 46.3 Å². The van der Waals surface area contributed by atoms with Crippen molar-refractivity contribution in [3.8, 4) is 30.4 Å². The van der Waals surface area contributed by atoms with Crippen LogP contribution in [0.5, 0.6) is 5.75 Å². The number of ether oxygens (including phenoxy) is 1. The van der Waals surface area contributed by atoms with Crippen LogP contribution in [-0.4, -0.2) is 101 Å². The van der Waals surface area contributed by atoms with Crippen LogP contribution in [0.15, 0.2) is 41.4 Å². The summed E-state index contributed by atoms with van der Waals surface area (Å²) in [5.74, 6) is 6.44. The molecule has 1 aliphatic heterocycles. The molecule has 1 heterocycles. The average Bonchev–Trinajstić information content (AvgIpc) is 3.02. The van der Waals surface area contributed by atoms with Crippen molar-refractivity contribution in [1.29, 1.82) is 0 Å². The summed E-state index contributed by atoms with van der Waals surface area (Å²) in [6.45, 7) is 12.3. The molecule has 1 saturated heterocycles. The van der Waals surface area contributed by atoms with E-state index in [2.05, 4.69) is 65.1 Å². The first-order valence-electron chi connectivity index (χ1n) is 14.6. The van der Waals surface area contributed by atoms with Gasteiger partial charge >= 0.3 is 6.61 Å². The number of terminal acetylenes is 1. The van der Waals surface area contributed by atoms with Gasteiger partial charge in [0.1, 0.15) is 5.75 Å². The molecule has 2 aromatic carbocycles. The number of carbonyl (C=O) groups excluding carboxylic acids is 1.